The van der Waals surface area contributed by atoms with Gasteiger partial charge in [0.25, 0.3) is 5.91 Å². The molecule has 2 aromatic rings. The van der Waals surface area contributed by atoms with Gasteiger partial charge < -0.3 is 9.88 Å². The van der Waals surface area contributed by atoms with Gasteiger partial charge in [-0.1, -0.05) is 12.8 Å². The minimum atomic E-state index is -0.162. The van der Waals surface area contributed by atoms with Crippen LogP contribution >= 0.6 is 0 Å². The predicted octanol–water partition coefficient (Wildman–Crippen LogP) is 1.39. The van der Waals surface area contributed by atoms with E-state index in [0.717, 1.165) is 56.2 Å². The third-order valence-electron chi connectivity index (χ3n) is 6.29. The Kier molecular flexibility index (Phi) is 4.07. The molecule has 3 aliphatic rings. The Balaban J connectivity index is 1.49. The van der Waals surface area contributed by atoms with Crippen molar-refractivity contribution in [2.45, 2.75) is 57.0 Å². The number of anilines is 1. The fourth-order valence-electron chi connectivity index (χ4n) is 5.02. The van der Waals surface area contributed by atoms with Crippen LogP contribution in [0.5, 0.6) is 0 Å². The smallest absolute Gasteiger partial charge is 0.275 e. The Morgan fingerprint density at radius 1 is 1.11 bits per heavy atom. The summed E-state index contributed by atoms with van der Waals surface area (Å²) < 4.78 is 0. The number of hydrogen-bond acceptors (Lipinski definition) is 4. The Morgan fingerprint density at radius 2 is 1.93 bits per heavy atom. The highest BCUT2D eigenvalue weighted by Gasteiger charge is 2.45. The van der Waals surface area contributed by atoms with Gasteiger partial charge in [-0.05, 0) is 32.1 Å². The lowest BCUT2D eigenvalue weighted by Gasteiger charge is -2.49. The average molecular weight is 381 g/mol. The van der Waals surface area contributed by atoms with Gasteiger partial charge in [0.2, 0.25) is 5.91 Å². The maximum absolute atomic E-state index is 13.3. The molecule has 5 rings (SSSR count). The molecule has 0 unspecified atom stereocenters. The van der Waals surface area contributed by atoms with E-state index in [4.69, 9.17) is 0 Å². The van der Waals surface area contributed by atoms with E-state index in [1.807, 2.05) is 0 Å². The van der Waals surface area contributed by atoms with Crippen LogP contribution in [0.4, 0.5) is 5.82 Å². The van der Waals surface area contributed by atoms with Crippen LogP contribution in [0, 0.1) is 0 Å². The second-order valence-electron chi connectivity index (χ2n) is 7.91. The fourth-order valence-corrected chi connectivity index (χ4v) is 5.02. The monoisotopic (exact) mass is 381 g/mol. The van der Waals surface area contributed by atoms with E-state index in [1.54, 1.807) is 16.0 Å². The van der Waals surface area contributed by atoms with E-state index < -0.39 is 0 Å². The first-order chi connectivity index (χ1) is 13.6. The fraction of sp³-hybridized carbons (Fsp3) is 0.500. The summed E-state index contributed by atoms with van der Waals surface area (Å²) in [5.74, 6) is 0.207. The summed E-state index contributed by atoms with van der Waals surface area (Å²) in [6.07, 6.45) is 8.08. The molecule has 1 saturated carbocycles. The van der Waals surface area contributed by atoms with Crippen LogP contribution in [-0.2, 0) is 17.6 Å². The molecule has 2 aliphatic carbocycles. The Morgan fingerprint density at radius 3 is 2.75 bits per heavy atom. The third-order valence-corrected chi connectivity index (χ3v) is 6.29. The van der Waals surface area contributed by atoms with Crippen LogP contribution in [0.2, 0.25) is 0 Å². The number of rotatable bonds is 2. The Bertz CT molecular complexity index is 994. The van der Waals surface area contributed by atoms with E-state index in [9.17, 15) is 14.4 Å². The highest BCUT2D eigenvalue weighted by Crippen LogP contribution is 2.34. The summed E-state index contributed by atoms with van der Waals surface area (Å²) in [5.41, 5.74) is 2.40. The number of amides is 2. The molecule has 8 nitrogen and oxygen atoms in total. The van der Waals surface area contributed by atoms with Crippen LogP contribution in [0.3, 0.4) is 0 Å². The van der Waals surface area contributed by atoms with Crippen molar-refractivity contribution >= 4 is 17.6 Å². The first kappa shape index (κ1) is 17.2. The van der Waals surface area contributed by atoms with Gasteiger partial charge in [-0.15, -0.1) is 0 Å². The van der Waals surface area contributed by atoms with E-state index in [-0.39, 0.29) is 35.9 Å². The number of H-pyrrole nitrogens is 2. The van der Waals surface area contributed by atoms with Crippen molar-refractivity contribution in [2.24, 2.45) is 0 Å². The van der Waals surface area contributed by atoms with Crippen molar-refractivity contribution in [2.75, 3.05) is 11.4 Å². The summed E-state index contributed by atoms with van der Waals surface area (Å²) in [5, 5.41) is 7.27. The van der Waals surface area contributed by atoms with Crippen molar-refractivity contribution in [1.29, 1.82) is 0 Å². The Labute approximate surface area is 161 Å². The average Bonchev–Trinajstić information content (AvgIpc) is 3.30. The van der Waals surface area contributed by atoms with Gasteiger partial charge in [0.1, 0.15) is 12.4 Å². The normalized spacial score (nSPS) is 24.2. The largest absolute Gasteiger partial charge is 0.348 e. The maximum Gasteiger partial charge on any atom is 0.275 e. The summed E-state index contributed by atoms with van der Waals surface area (Å²) in [6, 6.07) is 2.71. The van der Waals surface area contributed by atoms with Crippen LogP contribution in [0.15, 0.2) is 23.1 Å². The lowest BCUT2D eigenvalue weighted by molar-refractivity contribution is -0.123. The number of carbonyl (C=O) groups is 2. The highest BCUT2D eigenvalue weighted by molar-refractivity contribution is 6.02. The van der Waals surface area contributed by atoms with Crippen LogP contribution in [0.1, 0.15) is 53.8 Å². The summed E-state index contributed by atoms with van der Waals surface area (Å²) in [6.45, 7) is 0.0125. The third kappa shape index (κ3) is 2.66. The molecule has 3 heterocycles. The zero-order chi connectivity index (χ0) is 19.3. The second-order valence-corrected chi connectivity index (χ2v) is 7.91. The number of hydrogen-bond donors (Lipinski definition) is 2. The number of piperazine rings is 1. The van der Waals surface area contributed by atoms with Crippen molar-refractivity contribution < 1.29 is 9.59 Å². The van der Waals surface area contributed by atoms with E-state index in [1.165, 1.54) is 12.1 Å². The minimum Gasteiger partial charge on any atom is -0.348 e. The molecule has 146 valence electrons. The molecule has 1 saturated heterocycles. The van der Waals surface area contributed by atoms with Crippen molar-refractivity contribution in [3.63, 3.8) is 0 Å². The zero-order valence-corrected chi connectivity index (χ0v) is 15.6. The molecule has 1 aliphatic heterocycles. The van der Waals surface area contributed by atoms with Crippen LogP contribution in [0.25, 0.3) is 0 Å². The standard InChI is InChI=1S/C20H23N5O3/c26-12-8-9-21-17(10-12)25-16-7-2-1-6-15(16)24(11-18(25)27)20(28)19-13-4-3-5-14(13)22-23-19/h8-10,15-16H,1-7,11H2,(H,21,26)(H,22,23)/t15-,16-/m0/s1. The molecular formula is C20H23N5O3. The number of pyridine rings is 1. The molecular weight excluding hydrogens is 358 g/mol. The van der Waals surface area contributed by atoms with E-state index in [2.05, 4.69) is 15.2 Å². The van der Waals surface area contributed by atoms with E-state index in [0.29, 0.717) is 11.5 Å². The summed E-state index contributed by atoms with van der Waals surface area (Å²) >= 11 is 0. The van der Waals surface area contributed by atoms with Gasteiger partial charge in [0.15, 0.2) is 11.1 Å². The SMILES string of the molecule is O=C(c1n[nH]c2c1CCC2)N1CC(=O)N(c2cc(=O)cc[nH]2)[C@H]2CCCC[C@@H]21. The number of aryl methyl sites for hydroxylation is 1. The van der Waals surface area contributed by atoms with Gasteiger partial charge >= 0.3 is 0 Å². The number of nitrogens with one attached hydrogen (secondary N) is 2. The molecule has 0 bridgehead atoms. The zero-order valence-electron chi connectivity index (χ0n) is 15.6. The Hall–Kier alpha value is -2.90. The van der Waals surface area contributed by atoms with Crippen LogP contribution in [-0.4, -0.2) is 50.5 Å². The number of nitrogens with zero attached hydrogens (tertiary/aromatic N) is 3. The van der Waals surface area contributed by atoms with Gasteiger partial charge in [-0.3, -0.25) is 24.4 Å². The van der Waals surface area contributed by atoms with Gasteiger partial charge in [0, 0.05) is 29.6 Å². The maximum atomic E-state index is 13.3. The molecule has 2 fully saturated rings. The number of carbonyl (C=O) groups excluding carboxylic acids is 2. The minimum absolute atomic E-state index is 0.0125. The van der Waals surface area contributed by atoms with E-state index >= 15 is 0 Å². The van der Waals surface area contributed by atoms with Crippen molar-refractivity contribution in [3.05, 3.63) is 45.5 Å². The topological polar surface area (TPSA) is 102 Å². The highest BCUT2D eigenvalue weighted by atomic mass is 16.2. The molecule has 0 spiro atoms. The number of aromatic nitrogens is 3. The molecule has 2 atom stereocenters. The molecule has 2 aromatic heterocycles. The molecule has 2 N–H and O–H groups in total. The first-order valence-corrected chi connectivity index (χ1v) is 10.0. The molecule has 8 heteroatoms. The van der Waals surface area contributed by atoms with Crippen molar-refractivity contribution in [1.82, 2.24) is 20.1 Å². The molecule has 28 heavy (non-hydrogen) atoms. The summed E-state index contributed by atoms with van der Waals surface area (Å²) in [4.78, 5) is 44.6. The summed E-state index contributed by atoms with van der Waals surface area (Å²) in [7, 11) is 0. The molecule has 2 amide bonds. The number of fused-ring (bicyclic) bond motifs is 2. The first-order valence-electron chi connectivity index (χ1n) is 10.0. The lowest BCUT2D eigenvalue weighted by Crippen LogP contribution is -2.65. The van der Waals surface area contributed by atoms with Crippen LogP contribution < -0.4 is 10.3 Å². The molecule has 0 radical (unpaired) electrons. The quantitative estimate of drug-likeness (QED) is 0.820. The lowest BCUT2D eigenvalue weighted by atomic mass is 9.85. The second kappa shape index (κ2) is 6.61. The van der Waals surface area contributed by atoms with Gasteiger partial charge in [0.05, 0.1) is 12.1 Å². The molecule has 0 aromatic carbocycles. The van der Waals surface area contributed by atoms with Crippen molar-refractivity contribution in [3.8, 4) is 0 Å². The van der Waals surface area contributed by atoms with Gasteiger partial charge in [-0.2, -0.15) is 5.10 Å². The predicted molar refractivity (Wildman–Crippen MR) is 102 cm³/mol. The van der Waals surface area contributed by atoms with Gasteiger partial charge in [-0.25, -0.2) is 0 Å². The number of aromatic amines is 2.